The number of ether oxygens (including phenoxy) is 1. The van der Waals surface area contributed by atoms with E-state index in [1.54, 1.807) is 31.2 Å². The van der Waals surface area contributed by atoms with E-state index in [2.05, 4.69) is 21.0 Å². The lowest BCUT2D eigenvalue weighted by molar-refractivity contribution is 0.0523. The van der Waals surface area contributed by atoms with E-state index in [0.29, 0.717) is 5.69 Å². The number of benzene rings is 1. The molecule has 0 amide bonds. The fourth-order valence-corrected chi connectivity index (χ4v) is 2.04. The van der Waals surface area contributed by atoms with Crippen molar-refractivity contribution >= 4 is 27.7 Å². The summed E-state index contributed by atoms with van der Waals surface area (Å²) >= 11 is 3.30. The van der Waals surface area contributed by atoms with Gasteiger partial charge in [0.2, 0.25) is 0 Å². The van der Waals surface area contributed by atoms with Crippen molar-refractivity contribution in [3.63, 3.8) is 0 Å². The van der Waals surface area contributed by atoms with Gasteiger partial charge in [0.1, 0.15) is 11.3 Å². The number of hydrogen-bond donors (Lipinski definition) is 0. The molecule has 0 unspecified atom stereocenters. The van der Waals surface area contributed by atoms with Crippen LogP contribution in [0.25, 0.3) is 5.69 Å². The molecule has 0 bridgehead atoms. The molecule has 0 fully saturated rings. The van der Waals surface area contributed by atoms with Crippen LogP contribution >= 0.6 is 15.9 Å². The molecule has 114 valence electrons. The molecule has 1 aromatic heterocycles. The Bertz CT molecular complexity index is 781. The van der Waals surface area contributed by atoms with Gasteiger partial charge in [0.25, 0.3) is 5.56 Å². The minimum absolute atomic E-state index is 0.0190. The van der Waals surface area contributed by atoms with Crippen LogP contribution in [0.3, 0.4) is 0 Å². The molecule has 0 atom stereocenters. The standard InChI is InChI=1S/C15H13BrN2O4/c1-3-22-15(21)12-8-13(9(2)19)17-18(14(12)20)11-6-4-10(16)5-7-11/h4-8H,3H2,1-2H3. The molecule has 1 heterocycles. The van der Waals surface area contributed by atoms with Gasteiger partial charge >= 0.3 is 5.97 Å². The first-order chi connectivity index (χ1) is 10.4. The minimum Gasteiger partial charge on any atom is -0.462 e. The van der Waals surface area contributed by atoms with Crippen LogP contribution in [-0.2, 0) is 4.74 Å². The fourth-order valence-electron chi connectivity index (χ4n) is 1.78. The van der Waals surface area contributed by atoms with E-state index in [1.807, 2.05) is 0 Å². The number of Topliss-reactive ketones (excluding diaryl/α,β-unsaturated/α-hetero) is 1. The van der Waals surface area contributed by atoms with E-state index in [1.165, 1.54) is 6.92 Å². The van der Waals surface area contributed by atoms with Crippen molar-refractivity contribution in [1.29, 1.82) is 0 Å². The van der Waals surface area contributed by atoms with E-state index < -0.39 is 11.5 Å². The summed E-state index contributed by atoms with van der Waals surface area (Å²) in [6.45, 7) is 3.08. The molecule has 0 saturated heterocycles. The summed E-state index contributed by atoms with van der Waals surface area (Å²) in [4.78, 5) is 35.9. The fraction of sp³-hybridized carbons (Fsp3) is 0.200. The van der Waals surface area contributed by atoms with Gasteiger partial charge in [0.05, 0.1) is 12.3 Å². The second-order valence-corrected chi connectivity index (χ2v) is 5.33. The highest BCUT2D eigenvalue weighted by Crippen LogP contribution is 2.13. The zero-order chi connectivity index (χ0) is 16.3. The van der Waals surface area contributed by atoms with Crippen molar-refractivity contribution in [3.8, 4) is 5.69 Å². The molecular formula is C15H13BrN2O4. The molecule has 0 N–H and O–H groups in total. The molecule has 2 aromatic rings. The van der Waals surface area contributed by atoms with Gasteiger partial charge in [0, 0.05) is 11.4 Å². The molecule has 6 nitrogen and oxygen atoms in total. The highest BCUT2D eigenvalue weighted by Gasteiger charge is 2.19. The Hall–Kier alpha value is -2.28. The second kappa shape index (κ2) is 6.65. The van der Waals surface area contributed by atoms with E-state index in [9.17, 15) is 14.4 Å². The number of carbonyl (C=O) groups is 2. The van der Waals surface area contributed by atoms with Crippen LogP contribution in [0.5, 0.6) is 0 Å². The Kier molecular flexibility index (Phi) is 4.87. The summed E-state index contributed by atoms with van der Waals surface area (Å²) in [6.07, 6.45) is 0. The quantitative estimate of drug-likeness (QED) is 0.614. The van der Waals surface area contributed by atoms with Gasteiger partial charge in [-0.15, -0.1) is 0 Å². The maximum Gasteiger partial charge on any atom is 0.343 e. The molecule has 1 aromatic carbocycles. The lowest BCUT2D eigenvalue weighted by Gasteiger charge is -2.09. The number of rotatable bonds is 4. The molecule has 0 aliphatic rings. The van der Waals surface area contributed by atoms with Crippen LogP contribution in [0, 0.1) is 0 Å². The van der Waals surface area contributed by atoms with E-state index >= 15 is 0 Å². The zero-order valence-corrected chi connectivity index (χ0v) is 13.6. The summed E-state index contributed by atoms with van der Waals surface area (Å²) in [6, 6.07) is 7.93. The van der Waals surface area contributed by atoms with Crippen molar-refractivity contribution in [1.82, 2.24) is 9.78 Å². The van der Waals surface area contributed by atoms with Gasteiger partial charge in [-0.1, -0.05) is 15.9 Å². The van der Waals surface area contributed by atoms with Gasteiger partial charge in [0.15, 0.2) is 5.78 Å². The Morgan fingerprint density at radius 1 is 1.27 bits per heavy atom. The largest absolute Gasteiger partial charge is 0.462 e. The molecule has 7 heteroatoms. The summed E-state index contributed by atoms with van der Waals surface area (Å²) in [5.41, 5.74) is -0.386. The SMILES string of the molecule is CCOC(=O)c1cc(C(C)=O)nn(-c2ccc(Br)cc2)c1=O. The molecule has 0 aliphatic heterocycles. The number of ketones is 1. The normalized spacial score (nSPS) is 10.3. The Labute approximate surface area is 134 Å². The highest BCUT2D eigenvalue weighted by atomic mass is 79.9. The Balaban J connectivity index is 2.67. The first kappa shape index (κ1) is 16.1. The zero-order valence-electron chi connectivity index (χ0n) is 12.0. The molecule has 0 radical (unpaired) electrons. The number of esters is 1. The Morgan fingerprint density at radius 2 is 1.91 bits per heavy atom. The van der Waals surface area contributed by atoms with Crippen LogP contribution < -0.4 is 5.56 Å². The number of halogens is 1. The van der Waals surface area contributed by atoms with Crippen LogP contribution in [0.1, 0.15) is 34.7 Å². The highest BCUT2D eigenvalue weighted by molar-refractivity contribution is 9.10. The predicted molar refractivity (Wildman–Crippen MR) is 83.5 cm³/mol. The van der Waals surface area contributed by atoms with Crippen LogP contribution in [-0.4, -0.2) is 28.1 Å². The maximum absolute atomic E-state index is 12.4. The third-order valence-electron chi connectivity index (χ3n) is 2.84. The van der Waals surface area contributed by atoms with Gasteiger partial charge in [-0.05, 0) is 37.3 Å². The summed E-state index contributed by atoms with van der Waals surface area (Å²) in [5.74, 6) is -1.13. The molecule has 0 saturated carbocycles. The van der Waals surface area contributed by atoms with Gasteiger partial charge < -0.3 is 4.74 Å². The average Bonchev–Trinajstić information content (AvgIpc) is 2.48. The smallest absolute Gasteiger partial charge is 0.343 e. The van der Waals surface area contributed by atoms with Crippen LogP contribution in [0.2, 0.25) is 0 Å². The second-order valence-electron chi connectivity index (χ2n) is 4.41. The van der Waals surface area contributed by atoms with E-state index in [0.717, 1.165) is 15.2 Å². The van der Waals surface area contributed by atoms with Crippen molar-refractivity contribution < 1.29 is 14.3 Å². The molecule has 0 spiro atoms. The summed E-state index contributed by atoms with van der Waals surface area (Å²) in [5, 5.41) is 4.01. The van der Waals surface area contributed by atoms with E-state index in [4.69, 9.17) is 4.74 Å². The molecule has 0 aliphatic carbocycles. The lowest BCUT2D eigenvalue weighted by Crippen LogP contribution is -2.30. The Morgan fingerprint density at radius 3 is 2.45 bits per heavy atom. The third-order valence-corrected chi connectivity index (χ3v) is 3.37. The van der Waals surface area contributed by atoms with Crippen LogP contribution in [0.4, 0.5) is 0 Å². The van der Waals surface area contributed by atoms with Crippen molar-refractivity contribution in [3.05, 3.63) is 56.4 Å². The van der Waals surface area contributed by atoms with Gasteiger partial charge in [-0.2, -0.15) is 9.78 Å². The first-order valence-electron chi connectivity index (χ1n) is 6.52. The van der Waals surface area contributed by atoms with Crippen molar-refractivity contribution in [2.45, 2.75) is 13.8 Å². The van der Waals surface area contributed by atoms with Crippen molar-refractivity contribution in [2.24, 2.45) is 0 Å². The van der Waals surface area contributed by atoms with E-state index in [-0.39, 0.29) is 23.6 Å². The number of hydrogen-bond acceptors (Lipinski definition) is 5. The first-order valence-corrected chi connectivity index (χ1v) is 7.31. The average molecular weight is 365 g/mol. The van der Waals surface area contributed by atoms with Crippen molar-refractivity contribution in [2.75, 3.05) is 6.61 Å². The third kappa shape index (κ3) is 3.30. The predicted octanol–water partition coefficient (Wildman–Crippen LogP) is 2.37. The molecule has 22 heavy (non-hydrogen) atoms. The monoisotopic (exact) mass is 364 g/mol. The topological polar surface area (TPSA) is 78.3 Å². The van der Waals surface area contributed by atoms with Gasteiger partial charge in [-0.25, -0.2) is 4.79 Å². The summed E-state index contributed by atoms with van der Waals surface area (Å²) < 4.78 is 6.71. The molecule has 2 rings (SSSR count). The maximum atomic E-state index is 12.4. The number of carbonyl (C=O) groups excluding carboxylic acids is 2. The summed E-state index contributed by atoms with van der Waals surface area (Å²) in [7, 11) is 0. The van der Waals surface area contributed by atoms with Crippen LogP contribution in [0.15, 0.2) is 39.6 Å². The minimum atomic E-state index is -0.775. The van der Waals surface area contributed by atoms with Gasteiger partial charge in [-0.3, -0.25) is 9.59 Å². The lowest BCUT2D eigenvalue weighted by atomic mass is 10.2. The molecular weight excluding hydrogens is 352 g/mol. The number of aromatic nitrogens is 2. The number of nitrogens with zero attached hydrogens (tertiary/aromatic N) is 2.